The van der Waals surface area contributed by atoms with Gasteiger partial charge in [-0.15, -0.1) is 13.2 Å². The Morgan fingerprint density at radius 1 is 1.18 bits per heavy atom. The van der Waals surface area contributed by atoms with Gasteiger partial charge < -0.3 is 9.30 Å². The van der Waals surface area contributed by atoms with Gasteiger partial charge in [-0.05, 0) is 24.3 Å². The Kier molecular flexibility index (Phi) is 2.79. The molecule has 0 spiro atoms. The lowest BCUT2D eigenvalue weighted by molar-refractivity contribution is -0.274. The molecule has 17 heavy (non-hydrogen) atoms. The van der Waals surface area contributed by atoms with E-state index in [2.05, 4.69) is 9.72 Å². The Bertz CT molecular complexity index is 502. The Hall–Kier alpha value is -1.98. The number of hydrogen-bond donors (Lipinski definition) is 0. The molecule has 2 aromatic rings. The molecule has 1 heterocycles. The van der Waals surface area contributed by atoms with Crippen molar-refractivity contribution in [2.45, 2.75) is 6.36 Å². The second kappa shape index (κ2) is 4.12. The molecule has 0 saturated heterocycles. The fourth-order valence-corrected chi connectivity index (χ4v) is 1.46. The van der Waals surface area contributed by atoms with Gasteiger partial charge in [0.05, 0.1) is 18.2 Å². The molecule has 0 aliphatic heterocycles. The summed E-state index contributed by atoms with van der Waals surface area (Å²) in [5.74, 6) is -0.233. The van der Waals surface area contributed by atoms with Gasteiger partial charge in [-0.3, -0.25) is 0 Å². The third-order valence-electron chi connectivity index (χ3n) is 2.20. The number of rotatable bonds is 2. The summed E-state index contributed by atoms with van der Waals surface area (Å²) in [6.45, 7) is 0. The molecule has 0 aliphatic rings. The number of benzene rings is 1. The smallest absolute Gasteiger partial charge is 0.406 e. The molecule has 0 amide bonds. The fraction of sp³-hybridized carbons (Fsp3) is 0.182. The predicted octanol–water partition coefficient (Wildman–Crippen LogP) is 2.99. The lowest BCUT2D eigenvalue weighted by Crippen LogP contribution is -2.16. The maximum atomic E-state index is 11.9. The maximum absolute atomic E-state index is 11.9. The average molecular weight is 242 g/mol. The molecule has 0 bridgehead atoms. The first-order chi connectivity index (χ1) is 7.96. The summed E-state index contributed by atoms with van der Waals surface area (Å²) < 4.78 is 41.4. The Morgan fingerprint density at radius 2 is 1.82 bits per heavy atom. The van der Waals surface area contributed by atoms with Crippen LogP contribution >= 0.6 is 0 Å². The van der Waals surface area contributed by atoms with Crippen LogP contribution in [0.3, 0.4) is 0 Å². The summed E-state index contributed by atoms with van der Waals surface area (Å²) in [5.41, 5.74) is 1.60. The largest absolute Gasteiger partial charge is 0.573 e. The van der Waals surface area contributed by atoms with Gasteiger partial charge in [-0.1, -0.05) is 0 Å². The minimum Gasteiger partial charge on any atom is -0.406 e. The first kappa shape index (κ1) is 11.5. The zero-order valence-corrected chi connectivity index (χ0v) is 8.90. The van der Waals surface area contributed by atoms with Crippen LogP contribution in [0.25, 0.3) is 11.3 Å². The van der Waals surface area contributed by atoms with E-state index < -0.39 is 6.36 Å². The highest BCUT2D eigenvalue weighted by molar-refractivity contribution is 5.59. The number of hydrogen-bond acceptors (Lipinski definition) is 2. The number of imidazole rings is 1. The monoisotopic (exact) mass is 242 g/mol. The molecule has 0 fully saturated rings. The molecular weight excluding hydrogens is 233 g/mol. The normalized spacial score (nSPS) is 11.5. The van der Waals surface area contributed by atoms with Crippen molar-refractivity contribution in [3.8, 4) is 17.0 Å². The molecule has 0 aliphatic carbocycles. The van der Waals surface area contributed by atoms with Crippen molar-refractivity contribution in [3.63, 3.8) is 0 Å². The molecule has 0 saturated carbocycles. The molecule has 6 heteroatoms. The van der Waals surface area contributed by atoms with E-state index in [1.165, 1.54) is 12.1 Å². The third kappa shape index (κ3) is 2.77. The van der Waals surface area contributed by atoms with E-state index in [9.17, 15) is 13.2 Å². The van der Waals surface area contributed by atoms with Gasteiger partial charge in [-0.25, -0.2) is 4.98 Å². The molecule has 0 radical (unpaired) electrons. The van der Waals surface area contributed by atoms with Crippen molar-refractivity contribution >= 4 is 0 Å². The maximum Gasteiger partial charge on any atom is 0.573 e. The lowest BCUT2D eigenvalue weighted by atomic mass is 10.1. The number of aryl methyl sites for hydroxylation is 1. The van der Waals surface area contributed by atoms with Gasteiger partial charge in [0.2, 0.25) is 0 Å². The third-order valence-corrected chi connectivity index (χ3v) is 2.20. The highest BCUT2D eigenvalue weighted by Gasteiger charge is 2.30. The van der Waals surface area contributed by atoms with Crippen molar-refractivity contribution in [1.82, 2.24) is 9.55 Å². The molecule has 0 unspecified atom stereocenters. The summed E-state index contributed by atoms with van der Waals surface area (Å²) >= 11 is 0. The lowest BCUT2D eigenvalue weighted by Gasteiger charge is -2.09. The van der Waals surface area contributed by atoms with Crippen molar-refractivity contribution in [1.29, 1.82) is 0 Å². The van der Waals surface area contributed by atoms with Crippen molar-refractivity contribution < 1.29 is 17.9 Å². The quantitative estimate of drug-likeness (QED) is 0.809. The Balaban J connectivity index is 2.22. The molecule has 1 aromatic carbocycles. The number of nitrogens with zero attached hydrogens (tertiary/aromatic N) is 2. The van der Waals surface area contributed by atoms with Crippen molar-refractivity contribution in [2.24, 2.45) is 7.05 Å². The minimum atomic E-state index is -4.66. The fourth-order valence-electron chi connectivity index (χ4n) is 1.46. The second-order valence-corrected chi connectivity index (χ2v) is 3.46. The summed E-state index contributed by atoms with van der Waals surface area (Å²) in [6, 6.07) is 5.65. The second-order valence-electron chi connectivity index (χ2n) is 3.46. The first-order valence-corrected chi connectivity index (χ1v) is 4.78. The van der Waals surface area contributed by atoms with Crippen LogP contribution in [-0.2, 0) is 7.05 Å². The van der Waals surface area contributed by atoms with Gasteiger partial charge in [0.15, 0.2) is 0 Å². The SMILES string of the molecule is Cn1cncc1-c1ccc(OC(F)(F)F)cc1. The molecule has 0 atom stereocenters. The number of ether oxygens (including phenoxy) is 1. The number of halogens is 3. The van der Waals surface area contributed by atoms with Crippen LogP contribution in [0.2, 0.25) is 0 Å². The van der Waals surface area contributed by atoms with E-state index in [4.69, 9.17) is 0 Å². The molecule has 2 rings (SSSR count). The average Bonchev–Trinajstić information content (AvgIpc) is 2.63. The zero-order valence-electron chi connectivity index (χ0n) is 8.90. The van der Waals surface area contributed by atoms with E-state index in [1.807, 2.05) is 7.05 Å². The molecule has 3 nitrogen and oxygen atoms in total. The van der Waals surface area contributed by atoms with E-state index in [0.29, 0.717) is 0 Å². The molecule has 1 aromatic heterocycles. The van der Waals surface area contributed by atoms with E-state index in [-0.39, 0.29) is 5.75 Å². The molecular formula is C11H9F3N2O. The summed E-state index contributed by atoms with van der Waals surface area (Å²) in [7, 11) is 1.81. The highest BCUT2D eigenvalue weighted by atomic mass is 19.4. The van der Waals surface area contributed by atoms with Crippen LogP contribution in [0.1, 0.15) is 0 Å². The standard InChI is InChI=1S/C11H9F3N2O/c1-16-7-15-6-10(16)8-2-4-9(5-3-8)17-11(12,13)14/h2-7H,1H3. The molecule has 0 N–H and O–H groups in total. The van der Waals surface area contributed by atoms with Gasteiger partial charge in [0.25, 0.3) is 0 Å². The van der Waals surface area contributed by atoms with Gasteiger partial charge >= 0.3 is 6.36 Å². The Labute approximate surface area is 95.5 Å². The predicted molar refractivity (Wildman–Crippen MR) is 55.3 cm³/mol. The van der Waals surface area contributed by atoms with E-state index >= 15 is 0 Å². The van der Waals surface area contributed by atoms with Crippen LogP contribution in [0.15, 0.2) is 36.8 Å². The number of alkyl halides is 3. The summed E-state index contributed by atoms with van der Waals surface area (Å²) in [4.78, 5) is 3.93. The van der Waals surface area contributed by atoms with Gasteiger partial charge in [0.1, 0.15) is 5.75 Å². The van der Waals surface area contributed by atoms with Crippen molar-refractivity contribution in [2.75, 3.05) is 0 Å². The van der Waals surface area contributed by atoms with E-state index in [1.54, 1.807) is 29.2 Å². The van der Waals surface area contributed by atoms with Crippen LogP contribution < -0.4 is 4.74 Å². The summed E-state index contributed by atoms with van der Waals surface area (Å²) in [6.07, 6.45) is -1.40. The molecule has 90 valence electrons. The van der Waals surface area contributed by atoms with E-state index in [0.717, 1.165) is 11.3 Å². The van der Waals surface area contributed by atoms with Crippen molar-refractivity contribution in [3.05, 3.63) is 36.8 Å². The zero-order chi connectivity index (χ0) is 12.5. The topological polar surface area (TPSA) is 27.1 Å². The van der Waals surface area contributed by atoms with Crippen LogP contribution in [-0.4, -0.2) is 15.9 Å². The van der Waals surface area contributed by atoms with Crippen LogP contribution in [0, 0.1) is 0 Å². The highest BCUT2D eigenvalue weighted by Crippen LogP contribution is 2.25. The first-order valence-electron chi connectivity index (χ1n) is 4.78. The minimum absolute atomic E-state index is 0.233. The Morgan fingerprint density at radius 3 is 2.29 bits per heavy atom. The van der Waals surface area contributed by atoms with Crippen LogP contribution in [0.5, 0.6) is 5.75 Å². The van der Waals surface area contributed by atoms with Gasteiger partial charge in [0, 0.05) is 12.6 Å². The number of aromatic nitrogens is 2. The van der Waals surface area contributed by atoms with Crippen LogP contribution in [0.4, 0.5) is 13.2 Å². The van der Waals surface area contributed by atoms with Gasteiger partial charge in [-0.2, -0.15) is 0 Å². The summed E-state index contributed by atoms with van der Waals surface area (Å²) in [5, 5.41) is 0.